The molecule has 0 aliphatic carbocycles. The fourth-order valence-electron chi connectivity index (χ4n) is 8.83. The Morgan fingerprint density at radius 1 is 0.725 bits per heavy atom. The molecule has 2 saturated heterocycles. The standard InChI is InChI=1S/C27H32F2N8.C24H25N7O/c1-5-35-8-10-36(11-9-35)16-19-6-7-24(30-14-19)33-27-31-15-22(29)25(34-27)20-12-21(28)26-23(13-20)37(17(2)3)18(4)32-26;1-29-7-9-31(10-8-29)23-13-18(5-6-25-23)24(32)28-22-12-20-11-17(3-4-19(20)14-26-22)21-15-27-30(2)16-21/h6-7,12-15,17H,5,8-11,16H2,1-4H3,(H,30,31,33,34);3-6,11-16H,7-10H2,1-2H3,(H,26,28,32). The first-order valence-corrected chi connectivity index (χ1v) is 23.3. The first kappa shape index (κ1) is 46.8. The molecule has 69 heavy (non-hydrogen) atoms. The zero-order chi connectivity index (χ0) is 48.2. The Kier molecular flexibility index (Phi) is 13.9. The Morgan fingerprint density at radius 2 is 1.51 bits per heavy atom. The molecule has 8 aromatic rings. The summed E-state index contributed by atoms with van der Waals surface area (Å²) in [4.78, 5) is 48.4. The van der Waals surface area contributed by atoms with Gasteiger partial charge in [-0.15, -0.1) is 0 Å². The van der Waals surface area contributed by atoms with Crippen LogP contribution < -0.4 is 15.5 Å². The molecule has 2 aliphatic heterocycles. The van der Waals surface area contributed by atoms with Crippen molar-refractivity contribution >= 4 is 51.1 Å². The number of likely N-dealkylation sites (N-methyl/N-ethyl adjacent to an activating group) is 2. The molecule has 1 amide bonds. The lowest BCUT2D eigenvalue weighted by Crippen LogP contribution is -2.45. The van der Waals surface area contributed by atoms with E-state index in [0.29, 0.717) is 34.1 Å². The monoisotopic (exact) mass is 933 g/mol. The van der Waals surface area contributed by atoms with E-state index in [1.54, 1.807) is 29.2 Å². The van der Waals surface area contributed by atoms with E-state index in [9.17, 15) is 13.6 Å². The Morgan fingerprint density at radius 3 is 2.23 bits per heavy atom. The topological polar surface area (TPSA) is 154 Å². The van der Waals surface area contributed by atoms with E-state index in [0.717, 1.165) is 105 Å². The predicted molar refractivity (Wildman–Crippen MR) is 267 cm³/mol. The Labute approximate surface area is 400 Å². The summed E-state index contributed by atoms with van der Waals surface area (Å²) in [5, 5.41) is 12.2. The molecule has 6 aromatic heterocycles. The molecule has 0 unspecified atom stereocenters. The number of piperazine rings is 2. The van der Waals surface area contributed by atoms with Gasteiger partial charge in [0.1, 0.15) is 34.5 Å². The van der Waals surface area contributed by atoms with Crippen LogP contribution >= 0.6 is 0 Å². The molecular formula is C51H57F2N15O. The van der Waals surface area contributed by atoms with E-state index in [4.69, 9.17) is 0 Å². The molecule has 8 heterocycles. The van der Waals surface area contributed by atoms with Gasteiger partial charge in [0.05, 0.1) is 17.9 Å². The van der Waals surface area contributed by atoms with Gasteiger partial charge in [-0.05, 0) is 93.3 Å². The molecular weight excluding hydrogens is 877 g/mol. The van der Waals surface area contributed by atoms with Crippen LogP contribution in [0.3, 0.4) is 0 Å². The van der Waals surface area contributed by atoms with Crippen LogP contribution in [0.25, 0.3) is 44.2 Å². The molecule has 0 atom stereocenters. The maximum atomic E-state index is 14.9. The van der Waals surface area contributed by atoms with Crippen LogP contribution in [-0.4, -0.2) is 131 Å². The van der Waals surface area contributed by atoms with E-state index in [-0.39, 0.29) is 29.1 Å². The molecule has 16 nitrogen and oxygen atoms in total. The minimum atomic E-state index is -0.636. The summed E-state index contributed by atoms with van der Waals surface area (Å²) in [6.45, 7) is 18.0. The number of nitrogens with one attached hydrogen (secondary N) is 2. The van der Waals surface area contributed by atoms with Gasteiger partial charge in [0.25, 0.3) is 5.91 Å². The highest BCUT2D eigenvalue weighted by Crippen LogP contribution is 2.31. The van der Waals surface area contributed by atoms with Gasteiger partial charge in [0, 0.05) is 119 Å². The molecule has 0 spiro atoms. The number of carbonyl (C=O) groups excluding carboxylic acids is 1. The lowest BCUT2D eigenvalue weighted by molar-refractivity contribution is 0.102. The Balaban J connectivity index is 0.000000174. The van der Waals surface area contributed by atoms with Gasteiger partial charge in [-0.3, -0.25) is 14.4 Å². The van der Waals surface area contributed by atoms with Crippen LogP contribution in [0.5, 0.6) is 0 Å². The van der Waals surface area contributed by atoms with Crippen LogP contribution in [0.1, 0.15) is 48.6 Å². The molecule has 0 bridgehead atoms. The highest BCUT2D eigenvalue weighted by atomic mass is 19.1. The van der Waals surface area contributed by atoms with Crippen molar-refractivity contribution in [3.8, 4) is 22.4 Å². The average molecular weight is 934 g/mol. The number of aromatic nitrogens is 9. The first-order chi connectivity index (χ1) is 33.4. The highest BCUT2D eigenvalue weighted by molar-refractivity contribution is 6.05. The summed E-state index contributed by atoms with van der Waals surface area (Å²) < 4.78 is 33.4. The molecule has 2 aromatic carbocycles. The third-order valence-corrected chi connectivity index (χ3v) is 12.7. The molecule has 356 valence electrons. The second-order valence-electron chi connectivity index (χ2n) is 17.9. The summed E-state index contributed by atoms with van der Waals surface area (Å²) >= 11 is 0. The number of amides is 1. The molecule has 0 radical (unpaired) electrons. The fourth-order valence-corrected chi connectivity index (χ4v) is 8.83. The lowest BCUT2D eigenvalue weighted by Gasteiger charge is -2.33. The van der Waals surface area contributed by atoms with E-state index in [1.165, 1.54) is 6.07 Å². The maximum absolute atomic E-state index is 14.9. The van der Waals surface area contributed by atoms with Crippen molar-refractivity contribution in [3.63, 3.8) is 0 Å². The summed E-state index contributed by atoms with van der Waals surface area (Å²) in [6, 6.07) is 18.6. The molecule has 2 N–H and O–H groups in total. The number of fused-ring (bicyclic) bond motifs is 2. The van der Waals surface area contributed by atoms with Gasteiger partial charge in [-0.25, -0.2) is 38.7 Å². The van der Waals surface area contributed by atoms with Gasteiger partial charge >= 0.3 is 0 Å². The van der Waals surface area contributed by atoms with Crippen LogP contribution in [0, 0.1) is 18.6 Å². The van der Waals surface area contributed by atoms with Gasteiger partial charge in [-0.1, -0.05) is 25.1 Å². The van der Waals surface area contributed by atoms with E-state index >= 15 is 0 Å². The molecule has 18 heteroatoms. The number of anilines is 4. The second-order valence-corrected chi connectivity index (χ2v) is 17.9. The van der Waals surface area contributed by atoms with Gasteiger partial charge in [-0.2, -0.15) is 5.10 Å². The zero-order valence-electron chi connectivity index (χ0n) is 39.9. The van der Waals surface area contributed by atoms with Crippen LogP contribution in [-0.2, 0) is 13.6 Å². The largest absolute Gasteiger partial charge is 0.354 e. The normalized spacial score (nSPS) is 14.9. The second kappa shape index (κ2) is 20.5. The number of hydrogen-bond acceptors (Lipinski definition) is 13. The van der Waals surface area contributed by atoms with E-state index in [2.05, 4.69) is 91.3 Å². The number of halogens is 2. The van der Waals surface area contributed by atoms with Gasteiger partial charge < -0.3 is 29.9 Å². The SMILES string of the molecule is CCN1CCN(Cc2ccc(Nc3ncc(F)c(-c4cc(F)c5nc(C)n(C(C)C)c5c4)n3)nc2)CC1.CN1CCN(c2cc(C(=O)Nc3cc4cc(-c5cnn(C)c5)ccc4cn3)ccn2)CC1. The quantitative estimate of drug-likeness (QED) is 0.129. The maximum Gasteiger partial charge on any atom is 0.257 e. The highest BCUT2D eigenvalue weighted by Gasteiger charge is 2.21. The van der Waals surface area contributed by atoms with Crippen molar-refractivity contribution in [2.45, 2.75) is 40.3 Å². The summed E-state index contributed by atoms with van der Waals surface area (Å²) in [6.07, 6.45) is 10.2. The molecule has 0 saturated carbocycles. The fraction of sp³-hybridized carbons (Fsp3) is 0.333. The third kappa shape index (κ3) is 10.9. The predicted octanol–water partition coefficient (Wildman–Crippen LogP) is 7.97. The summed E-state index contributed by atoms with van der Waals surface area (Å²) in [5.74, 6) is 1.43. The van der Waals surface area contributed by atoms with E-state index < -0.39 is 11.6 Å². The van der Waals surface area contributed by atoms with Crippen molar-refractivity contribution < 1.29 is 13.6 Å². The Bertz CT molecular complexity index is 3080. The number of hydrogen-bond donors (Lipinski definition) is 2. The number of imidazole rings is 1. The number of nitrogens with zero attached hydrogens (tertiary/aromatic N) is 13. The summed E-state index contributed by atoms with van der Waals surface area (Å²) in [7, 11) is 4.02. The van der Waals surface area contributed by atoms with Gasteiger partial charge in [0.15, 0.2) is 11.6 Å². The average Bonchev–Trinajstić information content (AvgIpc) is 3.95. The molecule has 10 rings (SSSR count). The van der Waals surface area contributed by atoms with E-state index in [1.807, 2.05) is 81.3 Å². The van der Waals surface area contributed by atoms with Crippen LogP contribution in [0.4, 0.5) is 32.2 Å². The zero-order valence-corrected chi connectivity index (χ0v) is 39.9. The minimum Gasteiger partial charge on any atom is -0.354 e. The smallest absolute Gasteiger partial charge is 0.257 e. The van der Waals surface area contributed by atoms with Gasteiger partial charge in [0.2, 0.25) is 5.95 Å². The number of aryl methyl sites for hydroxylation is 2. The first-order valence-electron chi connectivity index (χ1n) is 23.3. The Hall–Kier alpha value is -7.28. The van der Waals surface area contributed by atoms with Crippen molar-refractivity contribution in [2.24, 2.45) is 7.05 Å². The number of carbonyl (C=O) groups is 1. The van der Waals surface area contributed by atoms with Crippen molar-refractivity contribution in [1.29, 1.82) is 0 Å². The number of rotatable bonds is 11. The van der Waals surface area contributed by atoms with Crippen LogP contribution in [0.2, 0.25) is 0 Å². The van der Waals surface area contributed by atoms with Crippen molar-refractivity contribution in [2.75, 3.05) is 81.5 Å². The van der Waals surface area contributed by atoms with Crippen LogP contribution in [0.15, 0.2) is 97.8 Å². The summed E-state index contributed by atoms with van der Waals surface area (Å²) in [5.41, 5.74) is 5.00. The number of benzene rings is 2. The third-order valence-electron chi connectivity index (χ3n) is 12.7. The molecule has 2 fully saturated rings. The lowest BCUT2D eigenvalue weighted by atomic mass is 10.1. The minimum absolute atomic E-state index is 0.00954. The van der Waals surface area contributed by atoms with Crippen molar-refractivity contribution in [1.82, 2.24) is 59.0 Å². The van der Waals surface area contributed by atoms with Crippen molar-refractivity contribution in [3.05, 3.63) is 126 Å². The molecule has 2 aliphatic rings. The number of pyridine rings is 3.